The van der Waals surface area contributed by atoms with Gasteiger partial charge >= 0.3 is 0 Å². The second-order valence-electron chi connectivity index (χ2n) is 6.71. The number of amidine groups is 1. The molecule has 30 heavy (non-hydrogen) atoms. The van der Waals surface area contributed by atoms with Crippen LogP contribution in [0.1, 0.15) is 26.3 Å². The number of hydrogen-bond acceptors (Lipinski definition) is 5. The first-order valence-electron chi connectivity index (χ1n) is 9.12. The molecule has 0 atom stereocenters. The van der Waals surface area contributed by atoms with Gasteiger partial charge in [0.2, 0.25) is 0 Å². The standard InChI is InChI=1S/C20H18ClN7O2/c1-27-18(15(11-24-27)20(30)25-16-7-6-14(21)10-23-16)26-19(29)13-4-2-12(3-5-13)17(22)28-8-9-28/h2-7,10-11,22H,8-9H2,1H3,(H,26,29)(H,23,25,30). The summed E-state index contributed by atoms with van der Waals surface area (Å²) in [6.45, 7) is 1.77. The van der Waals surface area contributed by atoms with E-state index >= 15 is 0 Å². The molecule has 1 saturated heterocycles. The highest BCUT2D eigenvalue weighted by Crippen LogP contribution is 2.19. The average molecular weight is 424 g/mol. The Bertz CT molecular complexity index is 1120. The summed E-state index contributed by atoms with van der Waals surface area (Å²) in [6.07, 6.45) is 2.79. The highest BCUT2D eigenvalue weighted by atomic mass is 35.5. The van der Waals surface area contributed by atoms with Crippen LogP contribution in [0.15, 0.2) is 48.8 Å². The lowest BCUT2D eigenvalue weighted by molar-refractivity contribution is 0.102. The van der Waals surface area contributed by atoms with E-state index in [1.165, 1.54) is 17.1 Å². The van der Waals surface area contributed by atoms with Crippen molar-refractivity contribution in [1.82, 2.24) is 19.7 Å². The van der Waals surface area contributed by atoms with Gasteiger partial charge < -0.3 is 15.5 Å². The number of aryl methyl sites for hydroxylation is 1. The minimum atomic E-state index is -0.462. The third-order valence-corrected chi connectivity index (χ3v) is 4.79. The zero-order valence-corrected chi connectivity index (χ0v) is 16.8. The van der Waals surface area contributed by atoms with Crippen LogP contribution >= 0.6 is 11.6 Å². The Morgan fingerprint density at radius 2 is 1.70 bits per heavy atom. The van der Waals surface area contributed by atoms with Crippen LogP contribution in [0.2, 0.25) is 5.02 Å². The number of hydrogen-bond donors (Lipinski definition) is 3. The molecule has 0 saturated carbocycles. The number of carbonyl (C=O) groups is 2. The van der Waals surface area contributed by atoms with E-state index in [9.17, 15) is 9.59 Å². The topological polar surface area (TPSA) is 116 Å². The van der Waals surface area contributed by atoms with Crippen LogP contribution in [-0.4, -0.2) is 50.4 Å². The molecule has 3 aromatic rings. The summed E-state index contributed by atoms with van der Waals surface area (Å²) in [6, 6.07) is 9.95. The zero-order valence-electron chi connectivity index (χ0n) is 16.0. The molecule has 0 bridgehead atoms. The van der Waals surface area contributed by atoms with Gasteiger partial charge in [0.15, 0.2) is 0 Å². The molecule has 0 aliphatic carbocycles. The van der Waals surface area contributed by atoms with E-state index in [0.29, 0.717) is 22.2 Å². The van der Waals surface area contributed by atoms with Gasteiger partial charge in [-0.25, -0.2) is 4.98 Å². The Hall–Kier alpha value is -3.72. The van der Waals surface area contributed by atoms with Gasteiger partial charge in [0.05, 0.1) is 11.2 Å². The Morgan fingerprint density at radius 3 is 2.33 bits per heavy atom. The fraction of sp³-hybridized carbons (Fsp3) is 0.150. The molecule has 1 fully saturated rings. The minimum Gasteiger partial charge on any atom is -0.353 e. The molecule has 152 valence electrons. The van der Waals surface area contributed by atoms with Gasteiger partial charge in [-0.1, -0.05) is 23.7 Å². The smallest absolute Gasteiger partial charge is 0.262 e. The molecule has 10 heteroatoms. The van der Waals surface area contributed by atoms with Crippen molar-refractivity contribution >= 4 is 40.9 Å². The van der Waals surface area contributed by atoms with Gasteiger partial charge in [0, 0.05) is 37.5 Å². The predicted octanol–water partition coefficient (Wildman–Crippen LogP) is 2.61. The first kappa shape index (κ1) is 19.6. The highest BCUT2D eigenvalue weighted by Gasteiger charge is 2.22. The minimum absolute atomic E-state index is 0.197. The number of halogens is 1. The summed E-state index contributed by atoms with van der Waals surface area (Å²) >= 11 is 5.80. The van der Waals surface area contributed by atoms with E-state index in [2.05, 4.69) is 20.7 Å². The number of pyridine rings is 1. The van der Waals surface area contributed by atoms with Gasteiger partial charge in [0.1, 0.15) is 23.0 Å². The van der Waals surface area contributed by atoms with Gasteiger partial charge in [0.25, 0.3) is 11.8 Å². The number of benzene rings is 1. The number of nitrogens with one attached hydrogen (secondary N) is 3. The molecule has 2 aromatic heterocycles. The average Bonchev–Trinajstić information content (AvgIpc) is 3.53. The maximum absolute atomic E-state index is 12.7. The van der Waals surface area contributed by atoms with E-state index < -0.39 is 5.91 Å². The number of carbonyl (C=O) groups excluding carboxylic acids is 2. The van der Waals surface area contributed by atoms with Crippen LogP contribution in [-0.2, 0) is 7.05 Å². The van der Waals surface area contributed by atoms with Crippen LogP contribution in [0.4, 0.5) is 11.6 Å². The van der Waals surface area contributed by atoms with Crippen molar-refractivity contribution in [2.45, 2.75) is 0 Å². The molecule has 3 heterocycles. The Labute approximate surface area is 177 Å². The summed E-state index contributed by atoms with van der Waals surface area (Å²) in [5.74, 6) is 0.184. The molecule has 2 amide bonds. The molecule has 0 radical (unpaired) electrons. The van der Waals surface area contributed by atoms with E-state index in [0.717, 1.165) is 18.7 Å². The largest absolute Gasteiger partial charge is 0.353 e. The van der Waals surface area contributed by atoms with Crippen molar-refractivity contribution in [2.24, 2.45) is 7.05 Å². The first-order chi connectivity index (χ1) is 14.4. The molecular formula is C20H18ClN7O2. The number of aromatic nitrogens is 3. The zero-order chi connectivity index (χ0) is 21.3. The van der Waals surface area contributed by atoms with Crippen molar-refractivity contribution in [1.29, 1.82) is 5.41 Å². The summed E-state index contributed by atoms with van der Waals surface area (Å²) in [5.41, 5.74) is 1.35. The summed E-state index contributed by atoms with van der Waals surface area (Å²) in [4.78, 5) is 31.3. The van der Waals surface area contributed by atoms with Crippen molar-refractivity contribution in [3.05, 3.63) is 70.5 Å². The number of amides is 2. The quantitative estimate of drug-likeness (QED) is 0.331. The van der Waals surface area contributed by atoms with Gasteiger partial charge in [-0.3, -0.25) is 19.7 Å². The maximum Gasteiger partial charge on any atom is 0.262 e. The second kappa shape index (κ2) is 7.96. The molecule has 1 aliphatic heterocycles. The fourth-order valence-electron chi connectivity index (χ4n) is 2.80. The molecule has 3 N–H and O–H groups in total. The van der Waals surface area contributed by atoms with Gasteiger partial charge in [-0.2, -0.15) is 5.10 Å². The number of nitrogens with zero attached hydrogens (tertiary/aromatic N) is 4. The molecule has 0 unspecified atom stereocenters. The highest BCUT2D eigenvalue weighted by molar-refractivity contribution is 6.30. The fourth-order valence-corrected chi connectivity index (χ4v) is 2.91. The van der Waals surface area contributed by atoms with E-state index in [1.54, 1.807) is 43.4 Å². The molecule has 0 spiro atoms. The Balaban J connectivity index is 1.48. The Morgan fingerprint density at radius 1 is 1.00 bits per heavy atom. The van der Waals surface area contributed by atoms with Crippen LogP contribution in [0.3, 0.4) is 0 Å². The Kier molecular flexibility index (Phi) is 5.20. The van der Waals surface area contributed by atoms with E-state index in [4.69, 9.17) is 17.0 Å². The summed E-state index contributed by atoms with van der Waals surface area (Å²) in [5, 5.41) is 18.0. The molecule has 4 rings (SSSR count). The SMILES string of the molecule is Cn1ncc(C(=O)Nc2ccc(Cl)cn2)c1NC(=O)c1ccc(C(=N)N2CC2)cc1. The van der Waals surface area contributed by atoms with Crippen LogP contribution < -0.4 is 10.6 Å². The van der Waals surface area contributed by atoms with E-state index in [1.807, 2.05) is 4.90 Å². The normalized spacial score (nSPS) is 12.4. The number of anilines is 2. The summed E-state index contributed by atoms with van der Waals surface area (Å²) in [7, 11) is 1.63. The monoisotopic (exact) mass is 423 g/mol. The van der Waals surface area contributed by atoms with Crippen molar-refractivity contribution < 1.29 is 9.59 Å². The molecular weight excluding hydrogens is 406 g/mol. The predicted molar refractivity (Wildman–Crippen MR) is 113 cm³/mol. The van der Waals surface area contributed by atoms with Crippen LogP contribution in [0, 0.1) is 5.41 Å². The maximum atomic E-state index is 12.7. The van der Waals surface area contributed by atoms with Crippen LogP contribution in [0.5, 0.6) is 0 Å². The third-order valence-electron chi connectivity index (χ3n) is 4.57. The first-order valence-corrected chi connectivity index (χ1v) is 9.50. The molecule has 1 aromatic carbocycles. The second-order valence-corrected chi connectivity index (χ2v) is 7.15. The molecule has 1 aliphatic rings. The molecule has 9 nitrogen and oxygen atoms in total. The summed E-state index contributed by atoms with van der Waals surface area (Å²) < 4.78 is 1.41. The van der Waals surface area contributed by atoms with Crippen molar-refractivity contribution in [3.8, 4) is 0 Å². The van der Waals surface area contributed by atoms with Crippen molar-refractivity contribution in [3.63, 3.8) is 0 Å². The number of rotatable bonds is 5. The third kappa shape index (κ3) is 4.15. The van der Waals surface area contributed by atoms with Gasteiger partial charge in [-0.05, 0) is 24.3 Å². The van der Waals surface area contributed by atoms with Gasteiger partial charge in [-0.15, -0.1) is 0 Å². The lowest BCUT2D eigenvalue weighted by atomic mass is 10.1. The van der Waals surface area contributed by atoms with Crippen molar-refractivity contribution in [2.75, 3.05) is 23.7 Å². The lowest BCUT2D eigenvalue weighted by Gasteiger charge is -2.10. The van der Waals surface area contributed by atoms with E-state index in [-0.39, 0.29) is 17.3 Å². The lowest BCUT2D eigenvalue weighted by Crippen LogP contribution is -2.19. The van der Waals surface area contributed by atoms with Crippen LogP contribution in [0.25, 0.3) is 0 Å².